The predicted molar refractivity (Wildman–Crippen MR) is 100.0 cm³/mol. The van der Waals surface area contributed by atoms with E-state index in [0.717, 1.165) is 6.54 Å². The number of piperidine rings is 1. The highest BCUT2D eigenvalue weighted by atomic mass is 127. The van der Waals surface area contributed by atoms with E-state index in [4.69, 9.17) is 0 Å². The summed E-state index contributed by atoms with van der Waals surface area (Å²) in [5.41, 5.74) is 0.482. The number of benzene rings is 1. The number of fused-ring (bicyclic) bond motifs is 1. The number of rotatable bonds is 3. The van der Waals surface area contributed by atoms with Crippen LogP contribution in [-0.4, -0.2) is 48.5 Å². The Labute approximate surface area is 160 Å². The maximum Gasteiger partial charge on any atom is 0.418 e. The van der Waals surface area contributed by atoms with E-state index in [2.05, 4.69) is 5.32 Å². The molecular weight excluding hydrogens is 471 g/mol. The summed E-state index contributed by atoms with van der Waals surface area (Å²) < 4.78 is 54.1. The zero-order valence-electron chi connectivity index (χ0n) is 13.3. The van der Waals surface area contributed by atoms with Crippen molar-refractivity contribution < 1.29 is 22.7 Å². The van der Waals surface area contributed by atoms with Gasteiger partial charge in [-0.25, -0.2) is 4.39 Å². The van der Waals surface area contributed by atoms with Crippen molar-refractivity contribution >= 4 is 49.7 Å². The number of aliphatic hydroxyl groups is 1. The third-order valence-electron chi connectivity index (χ3n) is 4.38. The summed E-state index contributed by atoms with van der Waals surface area (Å²) in [5.74, 6) is 0. The molecule has 9 heteroatoms. The normalized spacial score (nSPS) is 23.8. The van der Waals surface area contributed by atoms with E-state index in [1.807, 2.05) is 34.5 Å². The van der Waals surface area contributed by atoms with E-state index < -0.39 is 18.5 Å². The molecule has 3 nitrogen and oxygen atoms in total. The number of thiophene rings is 1. The molecule has 2 aromatic rings. The fraction of sp³-hybridized carbons (Fsp3) is 0.500. The maximum atomic E-state index is 14.3. The van der Waals surface area contributed by atoms with Crippen LogP contribution in [0.2, 0.25) is 0 Å². The number of anilines is 1. The van der Waals surface area contributed by atoms with Gasteiger partial charge in [0, 0.05) is 24.0 Å². The Balaban J connectivity index is 1.96. The zero-order valence-corrected chi connectivity index (χ0v) is 16.3. The van der Waals surface area contributed by atoms with Gasteiger partial charge in [0.25, 0.3) is 0 Å². The number of nitrogens with one attached hydrogen (secondary N) is 1. The van der Waals surface area contributed by atoms with Gasteiger partial charge < -0.3 is 15.3 Å². The monoisotopic (exact) mass is 488 g/mol. The summed E-state index contributed by atoms with van der Waals surface area (Å²) in [5, 5.41) is 13.2. The van der Waals surface area contributed by atoms with Crippen molar-refractivity contribution in [2.45, 2.75) is 30.9 Å². The average Bonchev–Trinajstić information content (AvgIpc) is 2.85. The van der Waals surface area contributed by atoms with Crippen molar-refractivity contribution in [1.82, 2.24) is 4.90 Å². The molecule has 2 heterocycles. The molecule has 0 radical (unpaired) electrons. The van der Waals surface area contributed by atoms with Crippen LogP contribution in [0.5, 0.6) is 0 Å². The van der Waals surface area contributed by atoms with Crippen LogP contribution in [-0.2, 0) is 0 Å². The van der Waals surface area contributed by atoms with Crippen LogP contribution in [0.25, 0.3) is 10.1 Å². The van der Waals surface area contributed by atoms with Gasteiger partial charge in [0.05, 0.1) is 19.3 Å². The van der Waals surface area contributed by atoms with Crippen molar-refractivity contribution in [3.8, 4) is 0 Å². The molecule has 0 bridgehead atoms. The molecule has 0 aliphatic carbocycles. The molecule has 1 aliphatic rings. The predicted octanol–water partition coefficient (Wildman–Crippen LogP) is 4.56. The van der Waals surface area contributed by atoms with Crippen molar-refractivity contribution in [2.24, 2.45) is 0 Å². The van der Waals surface area contributed by atoms with Gasteiger partial charge >= 0.3 is 6.18 Å². The minimum Gasteiger partial charge on any atom is -0.379 e. The van der Waals surface area contributed by atoms with Crippen LogP contribution >= 0.6 is 33.9 Å². The van der Waals surface area contributed by atoms with Gasteiger partial charge in [-0.15, -0.1) is 11.3 Å². The second-order valence-corrected chi connectivity index (χ2v) is 9.06. The summed E-state index contributed by atoms with van der Waals surface area (Å²) >= 11 is 2.98. The molecule has 0 amide bonds. The lowest BCUT2D eigenvalue weighted by atomic mass is 10.0. The SMILES string of the molecule is CN1CCC(Nc2cccc3c([C@@H](O)C(F)(F)F)c(I)sc23)C(F)C1. The first-order valence-corrected chi connectivity index (χ1v) is 9.63. The summed E-state index contributed by atoms with van der Waals surface area (Å²) in [6, 6.07) is 4.55. The van der Waals surface area contributed by atoms with Gasteiger partial charge in [-0.2, -0.15) is 13.2 Å². The molecule has 25 heavy (non-hydrogen) atoms. The fourth-order valence-corrected chi connectivity index (χ4v) is 5.34. The molecular formula is C16H17F4IN2OS. The first-order chi connectivity index (χ1) is 11.7. The van der Waals surface area contributed by atoms with Crippen LogP contribution in [0, 0.1) is 2.88 Å². The van der Waals surface area contributed by atoms with E-state index in [1.165, 1.54) is 11.3 Å². The smallest absolute Gasteiger partial charge is 0.379 e. The number of hydrogen-bond donors (Lipinski definition) is 2. The molecule has 0 saturated carbocycles. The van der Waals surface area contributed by atoms with Crippen LogP contribution < -0.4 is 5.32 Å². The van der Waals surface area contributed by atoms with Crippen molar-refractivity contribution in [1.29, 1.82) is 0 Å². The van der Waals surface area contributed by atoms with Crippen molar-refractivity contribution in [3.05, 3.63) is 26.6 Å². The van der Waals surface area contributed by atoms with Crippen LogP contribution in [0.1, 0.15) is 18.1 Å². The van der Waals surface area contributed by atoms with Gasteiger partial charge in [-0.1, -0.05) is 12.1 Å². The number of halogens is 5. The summed E-state index contributed by atoms with van der Waals surface area (Å²) in [6.45, 7) is 1.09. The maximum absolute atomic E-state index is 14.3. The highest BCUT2D eigenvalue weighted by molar-refractivity contribution is 14.1. The summed E-state index contributed by atoms with van der Waals surface area (Å²) in [6.07, 6.45) is -7.68. The molecule has 3 rings (SSSR count). The molecule has 1 saturated heterocycles. The lowest BCUT2D eigenvalue weighted by molar-refractivity contribution is -0.206. The highest BCUT2D eigenvalue weighted by Gasteiger charge is 2.42. The minimum atomic E-state index is -4.73. The van der Waals surface area contributed by atoms with E-state index in [0.29, 0.717) is 31.6 Å². The lowest BCUT2D eigenvalue weighted by Gasteiger charge is -2.33. The lowest BCUT2D eigenvalue weighted by Crippen LogP contribution is -2.46. The average molecular weight is 488 g/mol. The Hall–Kier alpha value is -0.650. The van der Waals surface area contributed by atoms with E-state index >= 15 is 0 Å². The van der Waals surface area contributed by atoms with Gasteiger partial charge in [0.15, 0.2) is 6.10 Å². The Kier molecular flexibility index (Phi) is 5.48. The molecule has 1 aliphatic heterocycles. The van der Waals surface area contributed by atoms with Gasteiger partial charge in [0.1, 0.15) is 6.17 Å². The molecule has 1 aromatic carbocycles. The standard InChI is InChI=1S/C16H17F4IN2OS/c1-23-6-5-10(9(17)7-23)22-11-4-2-3-8-12(14(24)16(18,19)20)15(21)25-13(8)11/h2-4,9-10,14,22,24H,5-7H2,1H3/t9?,10?,14-/m1/s1. The largest absolute Gasteiger partial charge is 0.418 e. The summed E-state index contributed by atoms with van der Waals surface area (Å²) in [4.78, 5) is 1.91. The number of hydrogen-bond acceptors (Lipinski definition) is 4. The van der Waals surface area contributed by atoms with Gasteiger partial charge in [0.2, 0.25) is 0 Å². The van der Waals surface area contributed by atoms with Crippen LogP contribution in [0.15, 0.2) is 18.2 Å². The molecule has 3 atom stereocenters. The van der Waals surface area contributed by atoms with Crippen LogP contribution in [0.3, 0.4) is 0 Å². The Morgan fingerprint density at radius 2 is 2.12 bits per heavy atom. The zero-order chi connectivity index (χ0) is 18.4. The molecule has 2 unspecified atom stereocenters. The Morgan fingerprint density at radius 1 is 1.40 bits per heavy atom. The first-order valence-electron chi connectivity index (χ1n) is 7.73. The minimum absolute atomic E-state index is 0.128. The number of aliphatic hydroxyl groups excluding tert-OH is 1. The summed E-state index contributed by atoms with van der Waals surface area (Å²) in [7, 11) is 1.86. The fourth-order valence-electron chi connectivity index (χ4n) is 3.06. The van der Waals surface area contributed by atoms with E-state index in [-0.39, 0.29) is 11.6 Å². The quantitative estimate of drug-likeness (QED) is 0.492. The van der Waals surface area contributed by atoms with Gasteiger partial charge in [-0.3, -0.25) is 0 Å². The second kappa shape index (κ2) is 7.16. The molecule has 0 spiro atoms. The van der Waals surface area contributed by atoms with Crippen molar-refractivity contribution in [2.75, 3.05) is 25.5 Å². The number of nitrogens with zero attached hydrogens (tertiary/aromatic N) is 1. The molecule has 2 N–H and O–H groups in total. The van der Waals surface area contributed by atoms with E-state index in [1.54, 1.807) is 18.2 Å². The molecule has 138 valence electrons. The van der Waals surface area contributed by atoms with Gasteiger partial charge in [-0.05, 0) is 42.1 Å². The highest BCUT2D eigenvalue weighted by Crippen LogP contribution is 2.44. The Bertz CT molecular complexity index is 766. The molecule has 1 aromatic heterocycles. The van der Waals surface area contributed by atoms with Crippen molar-refractivity contribution in [3.63, 3.8) is 0 Å². The van der Waals surface area contributed by atoms with E-state index in [9.17, 15) is 22.7 Å². The first kappa shape index (κ1) is 19.1. The third-order valence-corrected chi connectivity index (χ3v) is 6.66. The topological polar surface area (TPSA) is 35.5 Å². The van der Waals surface area contributed by atoms with Crippen LogP contribution in [0.4, 0.5) is 23.2 Å². The second-order valence-electron chi connectivity index (χ2n) is 6.23. The Morgan fingerprint density at radius 3 is 2.76 bits per heavy atom. The third kappa shape index (κ3) is 3.88. The number of likely N-dealkylation sites (tertiary alicyclic amines) is 1. The molecule has 1 fully saturated rings. The number of alkyl halides is 4.